The van der Waals surface area contributed by atoms with Crippen LogP contribution in [0.2, 0.25) is 0 Å². The van der Waals surface area contributed by atoms with Gasteiger partial charge in [0.1, 0.15) is 0 Å². The molecular weight excluding hydrogens is 102 g/mol. The van der Waals surface area contributed by atoms with Crippen LogP contribution in [0.5, 0.6) is 0 Å². The molecule has 8 heavy (non-hydrogen) atoms. The Labute approximate surface area is 49.0 Å². The Bertz CT molecular complexity index is 113. The van der Waals surface area contributed by atoms with Crippen LogP contribution in [-0.2, 0) is 4.74 Å². The standard InChI is InChI=1S/C6H11NO/c7-6-1-2-8-4-5(6)3-6/h5H,1-4,7H2/t5-,6+/m0/s1. The lowest BCUT2D eigenvalue weighted by Crippen LogP contribution is -2.31. The fourth-order valence-corrected chi connectivity index (χ4v) is 1.42. The van der Waals surface area contributed by atoms with E-state index in [4.69, 9.17) is 10.5 Å². The molecule has 0 bridgehead atoms. The van der Waals surface area contributed by atoms with E-state index in [2.05, 4.69) is 0 Å². The predicted octanol–water partition coefficient (Wildman–Crippen LogP) is 0.124. The molecule has 0 unspecified atom stereocenters. The molecule has 2 N–H and O–H groups in total. The lowest BCUT2D eigenvalue weighted by Gasteiger charge is -2.16. The third-order valence-electron chi connectivity index (χ3n) is 2.31. The maximum absolute atomic E-state index is 5.87. The summed E-state index contributed by atoms with van der Waals surface area (Å²) >= 11 is 0. The predicted molar refractivity (Wildman–Crippen MR) is 30.5 cm³/mol. The number of ether oxygens (including phenoxy) is 1. The summed E-state index contributed by atoms with van der Waals surface area (Å²) in [5.74, 6) is 0.705. The smallest absolute Gasteiger partial charge is 0.0512 e. The van der Waals surface area contributed by atoms with Gasteiger partial charge < -0.3 is 10.5 Å². The molecule has 1 aliphatic carbocycles. The number of rotatable bonds is 0. The topological polar surface area (TPSA) is 35.2 Å². The summed E-state index contributed by atoms with van der Waals surface area (Å²) in [5.41, 5.74) is 6.09. The molecule has 0 aromatic carbocycles. The highest BCUT2D eigenvalue weighted by atomic mass is 16.5. The molecule has 2 fully saturated rings. The molecule has 1 heterocycles. The van der Waals surface area contributed by atoms with Crippen LogP contribution in [0.15, 0.2) is 0 Å². The molecule has 2 heteroatoms. The molecule has 46 valence electrons. The van der Waals surface area contributed by atoms with Crippen molar-refractivity contribution in [2.75, 3.05) is 13.2 Å². The Hall–Kier alpha value is -0.0800. The minimum atomic E-state index is 0.220. The Morgan fingerprint density at radius 1 is 1.62 bits per heavy atom. The van der Waals surface area contributed by atoms with Gasteiger partial charge in [-0.15, -0.1) is 0 Å². The van der Waals surface area contributed by atoms with Crippen LogP contribution in [0, 0.1) is 5.92 Å². The molecule has 0 aromatic rings. The fraction of sp³-hybridized carbons (Fsp3) is 1.00. The van der Waals surface area contributed by atoms with Crippen molar-refractivity contribution in [1.29, 1.82) is 0 Å². The number of fused-ring (bicyclic) bond motifs is 1. The van der Waals surface area contributed by atoms with Crippen LogP contribution >= 0.6 is 0 Å². The quantitative estimate of drug-likeness (QED) is 0.484. The molecule has 1 saturated carbocycles. The zero-order valence-corrected chi connectivity index (χ0v) is 4.89. The van der Waals surface area contributed by atoms with E-state index >= 15 is 0 Å². The number of hydrogen-bond donors (Lipinski definition) is 1. The van der Waals surface area contributed by atoms with Gasteiger partial charge in [0.25, 0.3) is 0 Å². The van der Waals surface area contributed by atoms with E-state index in [1.54, 1.807) is 0 Å². The van der Waals surface area contributed by atoms with Gasteiger partial charge in [0.05, 0.1) is 6.61 Å². The van der Waals surface area contributed by atoms with Crippen molar-refractivity contribution in [3.8, 4) is 0 Å². The summed E-state index contributed by atoms with van der Waals surface area (Å²) in [6.07, 6.45) is 2.28. The summed E-state index contributed by atoms with van der Waals surface area (Å²) in [4.78, 5) is 0. The van der Waals surface area contributed by atoms with Gasteiger partial charge in [0, 0.05) is 18.1 Å². The SMILES string of the molecule is N[C@@]12CCOC[C@@H]1C2. The minimum absolute atomic E-state index is 0.220. The lowest BCUT2D eigenvalue weighted by atomic mass is 10.1. The molecule has 0 aromatic heterocycles. The van der Waals surface area contributed by atoms with Gasteiger partial charge >= 0.3 is 0 Å². The van der Waals surface area contributed by atoms with Gasteiger partial charge in [-0.2, -0.15) is 0 Å². The molecule has 0 spiro atoms. The van der Waals surface area contributed by atoms with Gasteiger partial charge in [-0.25, -0.2) is 0 Å². The Morgan fingerprint density at radius 2 is 2.50 bits per heavy atom. The molecule has 2 nitrogen and oxygen atoms in total. The normalized spacial score (nSPS) is 52.9. The Morgan fingerprint density at radius 3 is 3.00 bits per heavy atom. The molecule has 2 rings (SSSR count). The van der Waals surface area contributed by atoms with Crippen molar-refractivity contribution in [2.24, 2.45) is 11.7 Å². The number of hydrogen-bond acceptors (Lipinski definition) is 2. The monoisotopic (exact) mass is 113 g/mol. The largest absolute Gasteiger partial charge is 0.381 e. The second-order valence-electron chi connectivity index (χ2n) is 2.96. The van der Waals surface area contributed by atoms with E-state index in [-0.39, 0.29) is 5.54 Å². The third kappa shape index (κ3) is 0.501. The highest BCUT2D eigenvalue weighted by Crippen LogP contribution is 2.46. The van der Waals surface area contributed by atoms with Gasteiger partial charge in [-0.3, -0.25) is 0 Å². The Kier molecular flexibility index (Phi) is 0.746. The maximum atomic E-state index is 5.87. The second kappa shape index (κ2) is 1.25. The van der Waals surface area contributed by atoms with E-state index in [0.717, 1.165) is 19.6 Å². The van der Waals surface area contributed by atoms with Gasteiger partial charge in [0.2, 0.25) is 0 Å². The van der Waals surface area contributed by atoms with Gasteiger partial charge in [-0.05, 0) is 12.8 Å². The highest BCUT2D eigenvalue weighted by Gasteiger charge is 2.52. The van der Waals surface area contributed by atoms with Crippen molar-refractivity contribution in [2.45, 2.75) is 18.4 Å². The van der Waals surface area contributed by atoms with Crippen LogP contribution in [0.4, 0.5) is 0 Å². The number of nitrogens with two attached hydrogens (primary N) is 1. The van der Waals surface area contributed by atoms with E-state index in [1.807, 2.05) is 0 Å². The third-order valence-corrected chi connectivity index (χ3v) is 2.31. The first-order valence-corrected chi connectivity index (χ1v) is 3.18. The van der Waals surface area contributed by atoms with Crippen LogP contribution in [0.3, 0.4) is 0 Å². The average Bonchev–Trinajstić information content (AvgIpc) is 2.39. The first kappa shape index (κ1) is 4.77. The summed E-state index contributed by atoms with van der Waals surface area (Å²) < 4.78 is 5.21. The highest BCUT2D eigenvalue weighted by molar-refractivity contribution is 5.09. The van der Waals surface area contributed by atoms with Crippen molar-refractivity contribution in [1.82, 2.24) is 0 Å². The summed E-state index contributed by atoms with van der Waals surface area (Å²) in [6.45, 7) is 1.80. The molecule has 1 saturated heterocycles. The summed E-state index contributed by atoms with van der Waals surface area (Å²) in [5, 5.41) is 0. The zero-order valence-electron chi connectivity index (χ0n) is 4.89. The average molecular weight is 113 g/mol. The van der Waals surface area contributed by atoms with Crippen molar-refractivity contribution in [3.63, 3.8) is 0 Å². The fourth-order valence-electron chi connectivity index (χ4n) is 1.42. The van der Waals surface area contributed by atoms with Crippen LogP contribution < -0.4 is 5.73 Å². The van der Waals surface area contributed by atoms with E-state index in [1.165, 1.54) is 6.42 Å². The van der Waals surface area contributed by atoms with Crippen LogP contribution in [0.25, 0.3) is 0 Å². The van der Waals surface area contributed by atoms with E-state index < -0.39 is 0 Å². The first-order valence-electron chi connectivity index (χ1n) is 3.18. The molecule has 0 amide bonds. The minimum Gasteiger partial charge on any atom is -0.381 e. The van der Waals surface area contributed by atoms with Gasteiger partial charge in [0.15, 0.2) is 0 Å². The maximum Gasteiger partial charge on any atom is 0.0512 e. The first-order chi connectivity index (χ1) is 3.81. The Balaban J connectivity index is 2.04. The molecular formula is C6H11NO. The van der Waals surface area contributed by atoms with Crippen LogP contribution in [0.1, 0.15) is 12.8 Å². The van der Waals surface area contributed by atoms with Crippen LogP contribution in [-0.4, -0.2) is 18.8 Å². The molecule has 1 aliphatic heterocycles. The molecule has 0 radical (unpaired) electrons. The molecule has 2 aliphatic rings. The summed E-state index contributed by atoms with van der Waals surface area (Å²) in [7, 11) is 0. The van der Waals surface area contributed by atoms with Crippen molar-refractivity contribution < 1.29 is 4.74 Å². The zero-order chi connectivity index (χ0) is 5.61. The van der Waals surface area contributed by atoms with E-state index in [9.17, 15) is 0 Å². The molecule has 2 atom stereocenters. The van der Waals surface area contributed by atoms with E-state index in [0.29, 0.717) is 5.92 Å². The second-order valence-corrected chi connectivity index (χ2v) is 2.96. The van der Waals surface area contributed by atoms with Crippen molar-refractivity contribution in [3.05, 3.63) is 0 Å². The summed E-state index contributed by atoms with van der Waals surface area (Å²) in [6, 6.07) is 0. The van der Waals surface area contributed by atoms with Crippen molar-refractivity contribution >= 4 is 0 Å². The lowest BCUT2D eigenvalue weighted by molar-refractivity contribution is 0.0818. The van der Waals surface area contributed by atoms with Gasteiger partial charge in [-0.1, -0.05) is 0 Å².